The number of sulfonamides is 1. The van der Waals surface area contributed by atoms with Gasteiger partial charge in [0.25, 0.3) is 0 Å². The fourth-order valence-electron chi connectivity index (χ4n) is 3.37. The van der Waals surface area contributed by atoms with Crippen LogP contribution in [0.2, 0.25) is 0 Å². The van der Waals surface area contributed by atoms with Crippen LogP contribution >= 0.6 is 0 Å². The van der Waals surface area contributed by atoms with Crippen LogP contribution in [0.3, 0.4) is 0 Å². The molecule has 2 saturated heterocycles. The van der Waals surface area contributed by atoms with Crippen molar-refractivity contribution in [2.24, 2.45) is 0 Å². The predicted octanol–water partition coefficient (Wildman–Crippen LogP) is -0.792. The van der Waals surface area contributed by atoms with Crippen LogP contribution in [0, 0.1) is 0 Å². The zero-order valence-corrected chi connectivity index (χ0v) is 15.3. The molecule has 1 aromatic rings. The van der Waals surface area contributed by atoms with E-state index in [2.05, 4.69) is 15.2 Å². The second-order valence-corrected chi connectivity index (χ2v) is 8.56. The Hall–Kier alpha value is -1.55. The normalized spacial score (nSPS) is 22.5. The summed E-state index contributed by atoms with van der Waals surface area (Å²) in [4.78, 5) is 20.7. The first-order valence-corrected chi connectivity index (χ1v) is 10.0. The molecule has 25 heavy (non-hydrogen) atoms. The number of amides is 1. The fourth-order valence-corrected chi connectivity index (χ4v) is 4.45. The standard InChI is InChI=1S/C16H25N5O3S/c1-19(25(23,24)15-3-2-5-18-11-15)13-16(22)21-8-4-14(12-21)20-9-6-17-7-10-20/h2-3,5,11,14,17H,4,6-10,12-13H2,1H3. The van der Waals surface area contributed by atoms with Crippen LogP contribution in [0.15, 0.2) is 29.4 Å². The number of aromatic nitrogens is 1. The Bertz CT molecular complexity index is 691. The van der Waals surface area contributed by atoms with E-state index in [9.17, 15) is 13.2 Å². The van der Waals surface area contributed by atoms with Crippen LogP contribution in [0.25, 0.3) is 0 Å². The van der Waals surface area contributed by atoms with Crippen molar-refractivity contribution >= 4 is 15.9 Å². The van der Waals surface area contributed by atoms with Crippen LogP contribution in [0.5, 0.6) is 0 Å². The molecule has 8 nitrogen and oxygen atoms in total. The molecule has 2 fully saturated rings. The first kappa shape index (κ1) is 18.2. The van der Waals surface area contributed by atoms with Crippen LogP contribution < -0.4 is 5.32 Å². The molecule has 0 radical (unpaired) electrons. The number of carbonyl (C=O) groups excluding carboxylic acids is 1. The van der Waals surface area contributed by atoms with E-state index in [-0.39, 0.29) is 17.3 Å². The number of likely N-dealkylation sites (N-methyl/N-ethyl adjacent to an activating group) is 1. The van der Waals surface area contributed by atoms with Crippen molar-refractivity contribution in [1.29, 1.82) is 0 Å². The number of hydrogen-bond acceptors (Lipinski definition) is 6. The topological polar surface area (TPSA) is 85.9 Å². The largest absolute Gasteiger partial charge is 0.340 e. The zero-order valence-electron chi connectivity index (χ0n) is 14.5. The summed E-state index contributed by atoms with van der Waals surface area (Å²) in [6.45, 7) is 5.19. The first-order valence-electron chi connectivity index (χ1n) is 8.57. The third kappa shape index (κ3) is 4.17. The molecule has 3 rings (SSSR count). The summed E-state index contributed by atoms with van der Waals surface area (Å²) >= 11 is 0. The average molecular weight is 367 g/mol. The number of nitrogens with one attached hydrogen (secondary N) is 1. The van der Waals surface area contributed by atoms with Gasteiger partial charge in [0.1, 0.15) is 4.90 Å². The lowest BCUT2D eigenvalue weighted by molar-refractivity contribution is -0.130. The Kier molecular flexibility index (Phi) is 5.67. The molecule has 0 saturated carbocycles. The summed E-state index contributed by atoms with van der Waals surface area (Å²) in [6.07, 6.45) is 3.77. The van der Waals surface area contributed by atoms with Crippen molar-refractivity contribution in [3.8, 4) is 0 Å². The van der Waals surface area contributed by atoms with E-state index in [1.165, 1.54) is 25.5 Å². The smallest absolute Gasteiger partial charge is 0.244 e. The van der Waals surface area contributed by atoms with Gasteiger partial charge in [-0.3, -0.25) is 14.7 Å². The molecular weight excluding hydrogens is 342 g/mol. The van der Waals surface area contributed by atoms with E-state index in [0.29, 0.717) is 19.1 Å². The van der Waals surface area contributed by atoms with Gasteiger partial charge < -0.3 is 10.2 Å². The average Bonchev–Trinajstić information content (AvgIpc) is 3.13. The van der Waals surface area contributed by atoms with Crippen molar-refractivity contribution in [2.45, 2.75) is 17.4 Å². The fraction of sp³-hybridized carbons (Fsp3) is 0.625. The molecule has 1 aromatic heterocycles. The summed E-state index contributed by atoms with van der Waals surface area (Å²) in [5.41, 5.74) is 0. The number of likely N-dealkylation sites (tertiary alicyclic amines) is 1. The molecule has 0 bridgehead atoms. The molecule has 0 spiro atoms. The van der Waals surface area contributed by atoms with Crippen molar-refractivity contribution in [1.82, 2.24) is 24.4 Å². The number of piperazine rings is 1. The first-order chi connectivity index (χ1) is 12.0. The number of nitrogens with zero attached hydrogens (tertiary/aromatic N) is 4. The number of rotatable bonds is 5. The maximum Gasteiger partial charge on any atom is 0.244 e. The Morgan fingerprint density at radius 1 is 1.36 bits per heavy atom. The van der Waals surface area contributed by atoms with Gasteiger partial charge in [-0.25, -0.2) is 8.42 Å². The van der Waals surface area contributed by atoms with Crippen LogP contribution in [0.1, 0.15) is 6.42 Å². The highest BCUT2D eigenvalue weighted by molar-refractivity contribution is 7.89. The Morgan fingerprint density at radius 3 is 2.80 bits per heavy atom. The van der Waals surface area contributed by atoms with Gasteiger partial charge in [0, 0.05) is 64.8 Å². The van der Waals surface area contributed by atoms with Gasteiger partial charge in [0.05, 0.1) is 6.54 Å². The van der Waals surface area contributed by atoms with Gasteiger partial charge in [-0.15, -0.1) is 0 Å². The lowest BCUT2D eigenvalue weighted by Gasteiger charge is -2.32. The summed E-state index contributed by atoms with van der Waals surface area (Å²) in [7, 11) is -2.26. The van der Waals surface area contributed by atoms with E-state index >= 15 is 0 Å². The van der Waals surface area contributed by atoms with Gasteiger partial charge in [0.2, 0.25) is 15.9 Å². The zero-order chi connectivity index (χ0) is 17.9. The molecule has 1 amide bonds. The van der Waals surface area contributed by atoms with E-state index in [1.807, 2.05) is 0 Å². The minimum absolute atomic E-state index is 0.102. The molecule has 0 aliphatic carbocycles. The Morgan fingerprint density at radius 2 is 2.12 bits per heavy atom. The minimum atomic E-state index is -3.69. The quantitative estimate of drug-likeness (QED) is 0.734. The molecule has 9 heteroatoms. The van der Waals surface area contributed by atoms with E-state index < -0.39 is 10.0 Å². The van der Waals surface area contributed by atoms with Gasteiger partial charge in [0.15, 0.2) is 0 Å². The van der Waals surface area contributed by atoms with E-state index in [0.717, 1.165) is 36.9 Å². The molecular formula is C16H25N5O3S. The highest BCUT2D eigenvalue weighted by atomic mass is 32.2. The van der Waals surface area contributed by atoms with Crippen molar-refractivity contribution in [2.75, 3.05) is 52.9 Å². The highest BCUT2D eigenvalue weighted by Gasteiger charge is 2.32. The predicted molar refractivity (Wildman–Crippen MR) is 93.5 cm³/mol. The summed E-state index contributed by atoms with van der Waals surface area (Å²) in [5, 5.41) is 3.33. The highest BCUT2D eigenvalue weighted by Crippen LogP contribution is 2.18. The summed E-state index contributed by atoms with van der Waals surface area (Å²) < 4.78 is 26.1. The molecule has 1 atom stereocenters. The second kappa shape index (κ2) is 7.77. The van der Waals surface area contributed by atoms with E-state index in [1.54, 1.807) is 11.0 Å². The lowest BCUT2D eigenvalue weighted by atomic mass is 10.2. The van der Waals surface area contributed by atoms with Crippen LogP contribution in [-0.4, -0.2) is 92.3 Å². The van der Waals surface area contributed by atoms with E-state index in [4.69, 9.17) is 0 Å². The number of pyridine rings is 1. The van der Waals surface area contributed by atoms with Crippen molar-refractivity contribution in [3.05, 3.63) is 24.5 Å². The summed E-state index contributed by atoms with van der Waals surface area (Å²) in [5.74, 6) is -0.146. The molecule has 1 N–H and O–H groups in total. The maximum absolute atomic E-state index is 12.5. The number of carbonyl (C=O) groups is 1. The lowest BCUT2D eigenvalue weighted by Crippen LogP contribution is -2.49. The van der Waals surface area contributed by atoms with Crippen LogP contribution in [-0.2, 0) is 14.8 Å². The molecule has 0 aromatic carbocycles. The van der Waals surface area contributed by atoms with Gasteiger partial charge in [-0.05, 0) is 18.6 Å². The molecule has 2 aliphatic heterocycles. The molecule has 2 aliphatic rings. The Labute approximate surface area is 148 Å². The molecule has 138 valence electrons. The van der Waals surface area contributed by atoms with Crippen LogP contribution in [0.4, 0.5) is 0 Å². The third-order valence-corrected chi connectivity index (χ3v) is 6.67. The molecule has 3 heterocycles. The van der Waals surface area contributed by atoms with Gasteiger partial charge in [-0.2, -0.15) is 4.31 Å². The minimum Gasteiger partial charge on any atom is -0.340 e. The van der Waals surface area contributed by atoms with Gasteiger partial charge >= 0.3 is 0 Å². The molecule has 1 unspecified atom stereocenters. The maximum atomic E-state index is 12.5. The third-order valence-electron chi connectivity index (χ3n) is 4.88. The van der Waals surface area contributed by atoms with Crippen molar-refractivity contribution < 1.29 is 13.2 Å². The number of hydrogen-bond donors (Lipinski definition) is 1. The van der Waals surface area contributed by atoms with Gasteiger partial charge in [-0.1, -0.05) is 0 Å². The monoisotopic (exact) mass is 367 g/mol. The van der Waals surface area contributed by atoms with Crippen molar-refractivity contribution in [3.63, 3.8) is 0 Å². The SMILES string of the molecule is CN(CC(=O)N1CCC(N2CCNCC2)C1)S(=O)(=O)c1cccnc1. The second-order valence-electron chi connectivity index (χ2n) is 6.52. The Balaban J connectivity index is 1.57. The summed E-state index contributed by atoms with van der Waals surface area (Å²) in [6, 6.07) is 3.44.